The van der Waals surface area contributed by atoms with E-state index in [4.69, 9.17) is 9.98 Å². The summed E-state index contributed by atoms with van der Waals surface area (Å²) in [5.41, 5.74) is 14.2. The molecule has 0 fully saturated rings. The molecule has 30 heavy (non-hydrogen) atoms. The molecule has 0 aliphatic heterocycles. The average Bonchev–Trinajstić information content (AvgIpc) is 2.83. The molecule has 3 aromatic rings. The van der Waals surface area contributed by atoms with Crippen LogP contribution < -0.4 is 0 Å². The second-order valence-electron chi connectivity index (χ2n) is 8.59. The fourth-order valence-corrected chi connectivity index (χ4v) is 4.39. The van der Waals surface area contributed by atoms with Crippen LogP contribution in [0.2, 0.25) is 0 Å². The molecule has 156 valence electrons. The minimum absolute atomic E-state index is 1.06. The molecule has 0 aliphatic carbocycles. The molecular weight excluding hydrogens is 366 g/mol. The smallest absolute Gasteiger partial charge is 0.0689 e. The molecule has 3 nitrogen and oxygen atoms in total. The van der Waals surface area contributed by atoms with Crippen molar-refractivity contribution in [3.63, 3.8) is 0 Å². The molecule has 0 radical (unpaired) electrons. The van der Waals surface area contributed by atoms with Gasteiger partial charge in [0.1, 0.15) is 0 Å². The summed E-state index contributed by atoms with van der Waals surface area (Å²) in [5.74, 6) is 0. The summed E-state index contributed by atoms with van der Waals surface area (Å²) in [6, 6.07) is 8.75. The molecule has 0 spiro atoms. The monoisotopic (exact) mass is 399 g/mol. The number of rotatable bonds is 4. The van der Waals surface area contributed by atoms with Crippen LogP contribution in [0.5, 0.6) is 0 Å². The third-order valence-electron chi connectivity index (χ3n) is 5.96. The van der Waals surface area contributed by atoms with E-state index >= 15 is 0 Å². The zero-order valence-corrected chi connectivity index (χ0v) is 19.8. The minimum atomic E-state index is 1.06. The van der Waals surface area contributed by atoms with Crippen LogP contribution >= 0.6 is 0 Å². The summed E-state index contributed by atoms with van der Waals surface area (Å²) >= 11 is 0. The zero-order valence-electron chi connectivity index (χ0n) is 19.8. The van der Waals surface area contributed by atoms with E-state index in [1.165, 1.54) is 44.5 Å². The van der Waals surface area contributed by atoms with E-state index in [-0.39, 0.29) is 0 Å². The molecule has 0 saturated carbocycles. The van der Waals surface area contributed by atoms with E-state index in [2.05, 4.69) is 91.3 Å². The lowest BCUT2D eigenvalue weighted by atomic mass is 10.1. The Morgan fingerprint density at radius 1 is 0.567 bits per heavy atom. The van der Waals surface area contributed by atoms with Gasteiger partial charge < -0.3 is 4.57 Å². The Labute approximate surface area is 181 Å². The van der Waals surface area contributed by atoms with Gasteiger partial charge in [0.15, 0.2) is 0 Å². The van der Waals surface area contributed by atoms with Crippen LogP contribution in [-0.4, -0.2) is 17.0 Å². The maximum absolute atomic E-state index is 4.86. The lowest BCUT2D eigenvalue weighted by Gasteiger charge is -2.08. The Kier molecular flexibility index (Phi) is 6.12. The fraction of sp³-hybridized carbons (Fsp3) is 0.333. The fourth-order valence-electron chi connectivity index (χ4n) is 4.39. The van der Waals surface area contributed by atoms with E-state index in [1.54, 1.807) is 0 Å². The van der Waals surface area contributed by atoms with Crippen molar-refractivity contribution in [1.29, 1.82) is 0 Å². The second kappa shape index (κ2) is 8.43. The number of aromatic nitrogens is 1. The molecule has 1 heterocycles. The molecule has 0 unspecified atom stereocenters. The van der Waals surface area contributed by atoms with Crippen LogP contribution in [0, 0.1) is 55.4 Å². The van der Waals surface area contributed by atoms with Crippen molar-refractivity contribution in [3.05, 3.63) is 80.2 Å². The van der Waals surface area contributed by atoms with Crippen molar-refractivity contribution < 1.29 is 0 Å². The number of aliphatic imine (C=N–C) groups is 2. The molecule has 0 aliphatic rings. The van der Waals surface area contributed by atoms with Crippen molar-refractivity contribution in [1.82, 2.24) is 4.57 Å². The van der Waals surface area contributed by atoms with E-state index in [1.807, 2.05) is 12.4 Å². The van der Waals surface area contributed by atoms with E-state index in [0.29, 0.717) is 0 Å². The first-order valence-electron chi connectivity index (χ1n) is 10.5. The first-order valence-corrected chi connectivity index (χ1v) is 10.5. The Hall–Kier alpha value is -2.94. The Bertz CT molecular complexity index is 1040. The Morgan fingerprint density at radius 3 is 1.17 bits per heavy atom. The third-order valence-corrected chi connectivity index (χ3v) is 5.96. The first kappa shape index (κ1) is 21.8. The van der Waals surface area contributed by atoms with Gasteiger partial charge in [0.25, 0.3) is 0 Å². The lowest BCUT2D eigenvalue weighted by molar-refractivity contribution is 0.903. The van der Waals surface area contributed by atoms with Crippen molar-refractivity contribution in [2.75, 3.05) is 0 Å². The molecule has 0 saturated heterocycles. The van der Waals surface area contributed by atoms with Crippen molar-refractivity contribution in [3.8, 4) is 0 Å². The van der Waals surface area contributed by atoms with Crippen molar-refractivity contribution >= 4 is 23.8 Å². The highest BCUT2D eigenvalue weighted by Gasteiger charge is 2.13. The number of nitrogens with zero attached hydrogens (tertiary/aromatic N) is 3. The highest BCUT2D eigenvalue weighted by atomic mass is 15.0. The second-order valence-corrected chi connectivity index (χ2v) is 8.59. The summed E-state index contributed by atoms with van der Waals surface area (Å²) in [5, 5.41) is 0. The lowest BCUT2D eigenvalue weighted by Crippen LogP contribution is -2.01. The Morgan fingerprint density at radius 2 is 0.867 bits per heavy atom. The number of aryl methyl sites for hydroxylation is 6. The number of hydrogen-bond acceptors (Lipinski definition) is 2. The molecule has 0 amide bonds. The molecule has 0 atom stereocenters. The summed E-state index contributed by atoms with van der Waals surface area (Å²) < 4.78 is 2.19. The number of hydrogen-bond donors (Lipinski definition) is 0. The van der Waals surface area contributed by atoms with Crippen LogP contribution in [0.4, 0.5) is 11.4 Å². The average molecular weight is 400 g/mol. The van der Waals surface area contributed by atoms with Gasteiger partial charge in [0.05, 0.1) is 35.2 Å². The van der Waals surface area contributed by atoms with Gasteiger partial charge >= 0.3 is 0 Å². The largest absolute Gasteiger partial charge is 0.342 e. The molecule has 0 bridgehead atoms. The van der Waals surface area contributed by atoms with E-state index in [9.17, 15) is 0 Å². The molecule has 3 rings (SSSR count). The van der Waals surface area contributed by atoms with Crippen LogP contribution in [0.25, 0.3) is 0 Å². The van der Waals surface area contributed by atoms with Crippen LogP contribution in [-0.2, 0) is 7.05 Å². The Balaban J connectivity index is 2.01. The zero-order chi connectivity index (χ0) is 22.2. The minimum Gasteiger partial charge on any atom is -0.342 e. The number of benzene rings is 2. The van der Waals surface area contributed by atoms with Gasteiger partial charge in [0.2, 0.25) is 0 Å². The van der Waals surface area contributed by atoms with Gasteiger partial charge in [-0.05, 0) is 88.8 Å². The molecular formula is C27H33N3. The predicted octanol–water partition coefficient (Wildman–Crippen LogP) is 6.99. The van der Waals surface area contributed by atoms with Crippen molar-refractivity contribution in [2.45, 2.75) is 55.4 Å². The summed E-state index contributed by atoms with van der Waals surface area (Å²) in [7, 11) is 2.09. The van der Waals surface area contributed by atoms with Gasteiger partial charge in [-0.2, -0.15) is 0 Å². The van der Waals surface area contributed by atoms with Gasteiger partial charge in [-0.15, -0.1) is 0 Å². The standard InChI is InChI=1S/C27H33N3/c1-16-10-18(3)26(19(4)11-16)28-14-24-22(7)23(8)25(30(24)9)15-29-27-20(5)12-17(2)13-21(27)6/h10-15H,1-9H3. The maximum atomic E-state index is 4.86. The first-order chi connectivity index (χ1) is 14.1. The van der Waals surface area contributed by atoms with Crippen molar-refractivity contribution in [2.24, 2.45) is 17.0 Å². The van der Waals surface area contributed by atoms with Gasteiger partial charge in [-0.25, -0.2) is 0 Å². The van der Waals surface area contributed by atoms with Gasteiger partial charge in [-0.1, -0.05) is 35.4 Å². The quantitative estimate of drug-likeness (QED) is 0.423. The SMILES string of the molecule is Cc1cc(C)c(N=Cc2c(C)c(C)c(C=Nc3c(C)cc(C)cc3C)n2C)c(C)c1. The summed E-state index contributed by atoms with van der Waals surface area (Å²) in [4.78, 5) is 9.72. The topological polar surface area (TPSA) is 29.6 Å². The van der Waals surface area contributed by atoms with Crippen LogP contribution in [0.15, 0.2) is 34.3 Å². The predicted molar refractivity (Wildman–Crippen MR) is 131 cm³/mol. The highest BCUT2D eigenvalue weighted by molar-refractivity contribution is 5.90. The van der Waals surface area contributed by atoms with E-state index in [0.717, 1.165) is 22.8 Å². The maximum Gasteiger partial charge on any atom is 0.0689 e. The van der Waals surface area contributed by atoms with Crippen LogP contribution in [0.1, 0.15) is 55.9 Å². The summed E-state index contributed by atoms with van der Waals surface area (Å²) in [6.07, 6.45) is 3.99. The molecule has 0 N–H and O–H groups in total. The third kappa shape index (κ3) is 4.16. The van der Waals surface area contributed by atoms with Crippen LogP contribution in [0.3, 0.4) is 0 Å². The normalized spacial score (nSPS) is 11.9. The van der Waals surface area contributed by atoms with Gasteiger partial charge in [0, 0.05) is 7.05 Å². The van der Waals surface area contributed by atoms with E-state index < -0.39 is 0 Å². The molecule has 3 heteroatoms. The summed E-state index contributed by atoms with van der Waals surface area (Å²) in [6.45, 7) is 17.1. The molecule has 1 aromatic heterocycles. The van der Waals surface area contributed by atoms with Gasteiger partial charge in [-0.3, -0.25) is 9.98 Å². The highest BCUT2D eigenvalue weighted by Crippen LogP contribution is 2.27. The molecule has 2 aromatic carbocycles.